The van der Waals surface area contributed by atoms with Gasteiger partial charge in [-0.05, 0) is 73.7 Å². The molecule has 0 N–H and O–H groups in total. The Balaban J connectivity index is 1.68. The van der Waals surface area contributed by atoms with Crippen LogP contribution in [-0.4, -0.2) is 19.2 Å². The molecular weight excluding hydrogens is 412 g/mol. The molecule has 0 fully saturated rings. The average Bonchev–Trinajstić information content (AvgIpc) is 2.83. The van der Waals surface area contributed by atoms with Crippen LogP contribution in [0.4, 0.5) is 0 Å². The fourth-order valence-electron chi connectivity index (χ4n) is 3.79. The minimum Gasteiger partial charge on any atom is -0.494 e. The monoisotopic (exact) mass is 454 g/mol. The second-order valence-corrected chi connectivity index (χ2v) is 8.89. The number of esters is 1. The number of carbonyl (C=O) groups is 1. The second-order valence-electron chi connectivity index (χ2n) is 8.89. The molecule has 0 aliphatic carbocycles. The molecule has 4 heteroatoms. The third-order valence-corrected chi connectivity index (χ3v) is 5.78. The predicted octanol–water partition coefficient (Wildman–Crippen LogP) is 8.24. The van der Waals surface area contributed by atoms with Crippen molar-refractivity contribution in [3.05, 3.63) is 54.1 Å². The highest BCUT2D eigenvalue weighted by atomic mass is 16.5. The van der Waals surface area contributed by atoms with Gasteiger partial charge >= 0.3 is 5.97 Å². The van der Waals surface area contributed by atoms with Crippen LogP contribution in [0.5, 0.6) is 17.2 Å². The summed E-state index contributed by atoms with van der Waals surface area (Å²) in [5.41, 5.74) is 0.503. The van der Waals surface area contributed by atoms with E-state index < -0.39 is 0 Å². The molecule has 2 rings (SSSR count). The summed E-state index contributed by atoms with van der Waals surface area (Å²) in [4.78, 5) is 12.4. The van der Waals surface area contributed by atoms with Gasteiger partial charge in [-0.1, -0.05) is 65.7 Å². The first-order valence-corrected chi connectivity index (χ1v) is 12.8. The van der Waals surface area contributed by atoms with Gasteiger partial charge in [0.05, 0.1) is 18.8 Å². The van der Waals surface area contributed by atoms with Crippen LogP contribution in [0.15, 0.2) is 48.5 Å². The minimum absolute atomic E-state index is 0.379. The zero-order chi connectivity index (χ0) is 23.7. The number of ether oxygens (including phenoxy) is 3. The molecule has 33 heavy (non-hydrogen) atoms. The molecule has 0 aromatic heterocycles. The van der Waals surface area contributed by atoms with Gasteiger partial charge in [0.25, 0.3) is 0 Å². The molecule has 182 valence electrons. The molecule has 0 bridgehead atoms. The maximum atomic E-state index is 12.4. The minimum atomic E-state index is -0.379. The summed E-state index contributed by atoms with van der Waals surface area (Å²) >= 11 is 0. The highest BCUT2D eigenvalue weighted by molar-refractivity contribution is 5.91. The Kier molecular flexibility index (Phi) is 13.1. The molecule has 2 aromatic carbocycles. The Labute approximate surface area is 200 Å². The van der Waals surface area contributed by atoms with Crippen molar-refractivity contribution in [2.24, 2.45) is 5.92 Å². The van der Waals surface area contributed by atoms with Gasteiger partial charge in [0, 0.05) is 0 Å². The van der Waals surface area contributed by atoms with Crippen molar-refractivity contribution in [3.8, 4) is 17.2 Å². The van der Waals surface area contributed by atoms with E-state index in [9.17, 15) is 4.79 Å². The molecule has 1 atom stereocenters. The van der Waals surface area contributed by atoms with Gasteiger partial charge in [0.1, 0.15) is 17.2 Å². The number of rotatable bonds is 17. The average molecular weight is 455 g/mol. The van der Waals surface area contributed by atoms with Crippen molar-refractivity contribution >= 4 is 5.97 Å². The van der Waals surface area contributed by atoms with Crippen LogP contribution in [0.2, 0.25) is 0 Å². The van der Waals surface area contributed by atoms with Gasteiger partial charge in [-0.15, -0.1) is 0 Å². The van der Waals surface area contributed by atoms with E-state index in [4.69, 9.17) is 14.2 Å². The first-order valence-electron chi connectivity index (χ1n) is 12.8. The summed E-state index contributed by atoms with van der Waals surface area (Å²) in [7, 11) is 0. The fraction of sp³-hybridized carbons (Fsp3) is 0.552. The van der Waals surface area contributed by atoms with Crippen LogP contribution in [-0.2, 0) is 0 Å². The molecule has 0 radical (unpaired) electrons. The number of carbonyl (C=O) groups excluding carboxylic acids is 1. The third kappa shape index (κ3) is 11.3. The lowest BCUT2D eigenvalue weighted by Gasteiger charge is -2.11. The SMILES string of the molecule is CCCCCCCCOc1ccc(C(=O)Oc2ccc(OCCC[C@@H](C)CCC)cc2)cc1. The Hall–Kier alpha value is -2.49. The Morgan fingerprint density at radius 2 is 1.21 bits per heavy atom. The van der Waals surface area contributed by atoms with Crippen LogP contribution < -0.4 is 14.2 Å². The summed E-state index contributed by atoms with van der Waals surface area (Å²) in [6.07, 6.45) is 12.2. The molecule has 0 saturated heterocycles. The lowest BCUT2D eigenvalue weighted by Crippen LogP contribution is -2.08. The number of benzene rings is 2. The molecule has 2 aromatic rings. The van der Waals surface area contributed by atoms with Crippen LogP contribution in [0.1, 0.15) is 95.3 Å². The van der Waals surface area contributed by atoms with Crippen molar-refractivity contribution in [1.82, 2.24) is 0 Å². The topological polar surface area (TPSA) is 44.8 Å². The van der Waals surface area contributed by atoms with E-state index in [2.05, 4.69) is 20.8 Å². The number of unbranched alkanes of at least 4 members (excludes halogenated alkanes) is 5. The van der Waals surface area contributed by atoms with Crippen LogP contribution in [0.3, 0.4) is 0 Å². The Bertz CT molecular complexity index is 767. The van der Waals surface area contributed by atoms with E-state index in [0.717, 1.165) is 30.3 Å². The lowest BCUT2D eigenvalue weighted by atomic mass is 10.0. The van der Waals surface area contributed by atoms with Gasteiger partial charge in [-0.2, -0.15) is 0 Å². The van der Waals surface area contributed by atoms with Gasteiger partial charge in [-0.25, -0.2) is 4.79 Å². The zero-order valence-electron chi connectivity index (χ0n) is 20.8. The summed E-state index contributed by atoms with van der Waals surface area (Å²) in [5.74, 6) is 2.46. The molecule has 0 aliphatic rings. The van der Waals surface area contributed by atoms with Crippen molar-refractivity contribution in [2.45, 2.75) is 85.0 Å². The van der Waals surface area contributed by atoms with E-state index in [-0.39, 0.29) is 5.97 Å². The molecule has 0 saturated carbocycles. The lowest BCUT2D eigenvalue weighted by molar-refractivity contribution is 0.0734. The normalized spacial score (nSPS) is 11.7. The Morgan fingerprint density at radius 1 is 0.667 bits per heavy atom. The summed E-state index contributed by atoms with van der Waals surface area (Å²) in [6, 6.07) is 14.4. The molecule has 0 aliphatic heterocycles. The van der Waals surface area contributed by atoms with Gasteiger partial charge in [-0.3, -0.25) is 0 Å². The quantitative estimate of drug-likeness (QED) is 0.137. The van der Waals surface area contributed by atoms with E-state index >= 15 is 0 Å². The first-order chi connectivity index (χ1) is 16.1. The third-order valence-electron chi connectivity index (χ3n) is 5.78. The maximum absolute atomic E-state index is 12.4. The highest BCUT2D eigenvalue weighted by Gasteiger charge is 2.09. The molecule has 4 nitrogen and oxygen atoms in total. The molecular formula is C29H42O4. The smallest absolute Gasteiger partial charge is 0.343 e. The van der Waals surface area contributed by atoms with E-state index in [1.54, 1.807) is 24.3 Å². The Morgan fingerprint density at radius 3 is 1.85 bits per heavy atom. The number of hydrogen-bond donors (Lipinski definition) is 0. The maximum Gasteiger partial charge on any atom is 0.343 e. The van der Waals surface area contributed by atoms with Crippen molar-refractivity contribution in [2.75, 3.05) is 13.2 Å². The van der Waals surface area contributed by atoms with Gasteiger partial charge < -0.3 is 14.2 Å². The van der Waals surface area contributed by atoms with Crippen LogP contribution in [0.25, 0.3) is 0 Å². The van der Waals surface area contributed by atoms with E-state index in [1.807, 2.05) is 24.3 Å². The predicted molar refractivity (Wildman–Crippen MR) is 136 cm³/mol. The van der Waals surface area contributed by atoms with Crippen molar-refractivity contribution in [1.29, 1.82) is 0 Å². The standard InChI is InChI=1S/C29H42O4/c1-4-6-7-8-9-10-22-31-26-16-14-25(15-17-26)29(30)33-28-20-18-27(19-21-28)32-23-11-13-24(3)12-5-2/h14-21,24H,4-13,22-23H2,1-3H3/t24-/m0/s1. The summed E-state index contributed by atoms with van der Waals surface area (Å²) in [6.45, 7) is 8.17. The molecule has 0 unspecified atom stereocenters. The van der Waals surface area contributed by atoms with Crippen molar-refractivity contribution < 1.29 is 19.0 Å². The van der Waals surface area contributed by atoms with E-state index in [0.29, 0.717) is 24.5 Å². The van der Waals surface area contributed by atoms with Crippen LogP contribution >= 0.6 is 0 Å². The van der Waals surface area contributed by atoms with Gasteiger partial charge in [0.2, 0.25) is 0 Å². The fourth-order valence-corrected chi connectivity index (χ4v) is 3.79. The second kappa shape index (κ2) is 16.2. The largest absolute Gasteiger partial charge is 0.494 e. The zero-order valence-corrected chi connectivity index (χ0v) is 20.8. The summed E-state index contributed by atoms with van der Waals surface area (Å²) < 4.78 is 17.1. The molecule has 0 amide bonds. The van der Waals surface area contributed by atoms with E-state index in [1.165, 1.54) is 51.4 Å². The summed E-state index contributed by atoms with van der Waals surface area (Å²) in [5, 5.41) is 0. The first kappa shape index (κ1) is 26.8. The molecule has 0 heterocycles. The highest BCUT2D eigenvalue weighted by Crippen LogP contribution is 2.21. The van der Waals surface area contributed by atoms with Crippen LogP contribution in [0, 0.1) is 5.92 Å². The van der Waals surface area contributed by atoms with Gasteiger partial charge in [0.15, 0.2) is 0 Å². The molecule has 0 spiro atoms. The number of hydrogen-bond acceptors (Lipinski definition) is 4. The van der Waals surface area contributed by atoms with Crippen molar-refractivity contribution in [3.63, 3.8) is 0 Å².